The van der Waals surface area contributed by atoms with Gasteiger partial charge in [0.15, 0.2) is 5.82 Å². The molecule has 0 saturated carbocycles. The molecule has 0 atom stereocenters. The van der Waals surface area contributed by atoms with Crippen molar-refractivity contribution in [2.45, 2.75) is 13.5 Å². The Morgan fingerprint density at radius 1 is 1.23 bits per heavy atom. The quantitative estimate of drug-likeness (QED) is 0.580. The van der Waals surface area contributed by atoms with E-state index < -0.39 is 0 Å². The predicted octanol–water partition coefficient (Wildman–Crippen LogP) is 3.51. The Hall–Kier alpha value is -3.26. The molecule has 1 aromatic carbocycles. The second kappa shape index (κ2) is 6.93. The standard InChI is InChI=1S/C18H16N6OS/c1-12-22-15-6-5-14(10-16(15)26-12)23-18(25)20-11-13-4-2-7-19-17(13)24-9-3-8-21-24/h2-10H,11H2,1H3,(H2,20,23,25). The number of pyridine rings is 1. The number of hydrogen-bond donors (Lipinski definition) is 2. The Bertz CT molecular complexity index is 1060. The van der Waals surface area contributed by atoms with Crippen molar-refractivity contribution >= 4 is 33.3 Å². The lowest BCUT2D eigenvalue weighted by Gasteiger charge is -2.10. The number of amides is 2. The molecule has 2 N–H and O–H groups in total. The van der Waals surface area contributed by atoms with Crippen molar-refractivity contribution in [2.24, 2.45) is 0 Å². The summed E-state index contributed by atoms with van der Waals surface area (Å²) in [6.07, 6.45) is 5.21. The van der Waals surface area contributed by atoms with Gasteiger partial charge >= 0.3 is 6.03 Å². The molecule has 0 saturated heterocycles. The van der Waals surface area contributed by atoms with E-state index in [2.05, 4.69) is 25.7 Å². The Kier molecular flexibility index (Phi) is 4.32. The maximum atomic E-state index is 12.2. The van der Waals surface area contributed by atoms with Gasteiger partial charge in [-0.2, -0.15) is 5.10 Å². The van der Waals surface area contributed by atoms with Crippen LogP contribution in [0.15, 0.2) is 55.0 Å². The van der Waals surface area contributed by atoms with Crippen molar-refractivity contribution in [3.05, 3.63) is 65.6 Å². The summed E-state index contributed by atoms with van der Waals surface area (Å²) < 4.78 is 2.73. The zero-order chi connectivity index (χ0) is 17.9. The lowest BCUT2D eigenvalue weighted by Crippen LogP contribution is -2.28. The number of thiazole rings is 1. The molecule has 0 aliphatic heterocycles. The van der Waals surface area contributed by atoms with Gasteiger partial charge in [-0.1, -0.05) is 6.07 Å². The average Bonchev–Trinajstić information content (AvgIpc) is 3.28. The van der Waals surface area contributed by atoms with Crippen LogP contribution in [-0.2, 0) is 6.54 Å². The van der Waals surface area contributed by atoms with E-state index in [9.17, 15) is 4.79 Å². The first-order valence-electron chi connectivity index (χ1n) is 8.05. The third-order valence-corrected chi connectivity index (χ3v) is 4.72. The van der Waals surface area contributed by atoms with Crippen LogP contribution in [0.5, 0.6) is 0 Å². The molecule has 8 heteroatoms. The molecule has 4 aromatic rings. The first-order valence-corrected chi connectivity index (χ1v) is 8.87. The molecule has 0 aliphatic rings. The number of urea groups is 1. The fourth-order valence-corrected chi connectivity index (χ4v) is 3.50. The highest BCUT2D eigenvalue weighted by Crippen LogP contribution is 2.24. The molecular weight excluding hydrogens is 348 g/mol. The summed E-state index contributed by atoms with van der Waals surface area (Å²) >= 11 is 1.60. The van der Waals surface area contributed by atoms with Crippen molar-refractivity contribution in [3.8, 4) is 5.82 Å². The zero-order valence-electron chi connectivity index (χ0n) is 14.0. The normalized spacial score (nSPS) is 10.8. The highest BCUT2D eigenvalue weighted by atomic mass is 32.1. The summed E-state index contributed by atoms with van der Waals surface area (Å²) in [4.78, 5) is 21.0. The first kappa shape index (κ1) is 16.2. The van der Waals surface area contributed by atoms with Crippen LogP contribution in [0.1, 0.15) is 10.6 Å². The van der Waals surface area contributed by atoms with Gasteiger partial charge in [0.25, 0.3) is 0 Å². The van der Waals surface area contributed by atoms with Crippen molar-refractivity contribution in [1.29, 1.82) is 0 Å². The Morgan fingerprint density at radius 3 is 3.00 bits per heavy atom. The molecule has 3 heterocycles. The smallest absolute Gasteiger partial charge is 0.319 e. The molecular formula is C18H16N6OS. The molecule has 2 amide bonds. The van der Waals surface area contributed by atoms with E-state index in [1.165, 1.54) is 0 Å². The average molecular weight is 364 g/mol. The Balaban J connectivity index is 1.44. The Labute approximate surface area is 153 Å². The number of carbonyl (C=O) groups excluding carboxylic acids is 1. The summed E-state index contributed by atoms with van der Waals surface area (Å²) in [5.74, 6) is 0.694. The van der Waals surface area contributed by atoms with E-state index in [0.717, 1.165) is 26.5 Å². The number of anilines is 1. The van der Waals surface area contributed by atoms with Gasteiger partial charge in [0.2, 0.25) is 0 Å². The first-order chi connectivity index (χ1) is 12.7. The lowest BCUT2D eigenvalue weighted by atomic mass is 10.2. The van der Waals surface area contributed by atoms with E-state index in [1.807, 2.05) is 49.5 Å². The number of rotatable bonds is 4. The zero-order valence-corrected chi connectivity index (χ0v) is 14.8. The Morgan fingerprint density at radius 2 is 2.15 bits per heavy atom. The molecule has 3 aromatic heterocycles. The van der Waals surface area contributed by atoms with Gasteiger partial charge in [0.1, 0.15) is 0 Å². The van der Waals surface area contributed by atoms with Gasteiger partial charge < -0.3 is 10.6 Å². The van der Waals surface area contributed by atoms with Gasteiger partial charge in [-0.25, -0.2) is 19.4 Å². The fourth-order valence-electron chi connectivity index (χ4n) is 2.64. The minimum atomic E-state index is -0.277. The maximum absolute atomic E-state index is 12.2. The molecule has 130 valence electrons. The van der Waals surface area contributed by atoms with E-state index in [0.29, 0.717) is 12.4 Å². The van der Waals surface area contributed by atoms with Crippen LogP contribution in [0.3, 0.4) is 0 Å². The van der Waals surface area contributed by atoms with Crippen LogP contribution in [0.25, 0.3) is 16.0 Å². The monoisotopic (exact) mass is 364 g/mol. The topological polar surface area (TPSA) is 84.7 Å². The van der Waals surface area contributed by atoms with Gasteiger partial charge in [-0.15, -0.1) is 11.3 Å². The van der Waals surface area contributed by atoms with Crippen LogP contribution in [0, 0.1) is 6.92 Å². The molecule has 0 unspecified atom stereocenters. The third-order valence-electron chi connectivity index (χ3n) is 3.78. The summed E-state index contributed by atoms with van der Waals surface area (Å²) in [6.45, 7) is 2.31. The van der Waals surface area contributed by atoms with E-state index >= 15 is 0 Å². The molecule has 0 bridgehead atoms. The minimum Gasteiger partial charge on any atom is -0.334 e. The SMILES string of the molecule is Cc1nc2ccc(NC(=O)NCc3cccnc3-n3cccn3)cc2s1. The number of carbonyl (C=O) groups is 1. The number of aromatic nitrogens is 4. The lowest BCUT2D eigenvalue weighted by molar-refractivity contribution is 0.251. The van der Waals surface area contributed by atoms with Crippen LogP contribution < -0.4 is 10.6 Å². The number of fused-ring (bicyclic) bond motifs is 1. The molecule has 7 nitrogen and oxygen atoms in total. The van der Waals surface area contributed by atoms with Gasteiger partial charge in [0, 0.05) is 36.4 Å². The van der Waals surface area contributed by atoms with Crippen LogP contribution in [0.4, 0.5) is 10.5 Å². The number of nitrogens with zero attached hydrogens (tertiary/aromatic N) is 4. The van der Waals surface area contributed by atoms with Crippen LogP contribution >= 0.6 is 11.3 Å². The van der Waals surface area contributed by atoms with E-state index in [1.54, 1.807) is 28.4 Å². The van der Waals surface area contributed by atoms with Gasteiger partial charge in [-0.3, -0.25) is 0 Å². The highest BCUT2D eigenvalue weighted by molar-refractivity contribution is 7.18. The maximum Gasteiger partial charge on any atom is 0.319 e. The van der Waals surface area contributed by atoms with E-state index in [-0.39, 0.29) is 6.03 Å². The van der Waals surface area contributed by atoms with Crippen molar-refractivity contribution in [1.82, 2.24) is 25.1 Å². The van der Waals surface area contributed by atoms with Crippen LogP contribution in [-0.4, -0.2) is 25.8 Å². The molecule has 0 radical (unpaired) electrons. The fraction of sp³-hybridized carbons (Fsp3) is 0.111. The second-order valence-electron chi connectivity index (χ2n) is 5.66. The number of nitrogens with one attached hydrogen (secondary N) is 2. The van der Waals surface area contributed by atoms with Crippen molar-refractivity contribution in [3.63, 3.8) is 0 Å². The highest BCUT2D eigenvalue weighted by Gasteiger charge is 2.09. The number of aryl methyl sites for hydroxylation is 1. The van der Waals surface area contributed by atoms with Crippen LogP contribution in [0.2, 0.25) is 0 Å². The summed E-state index contributed by atoms with van der Waals surface area (Å²) in [5, 5.41) is 10.9. The summed E-state index contributed by atoms with van der Waals surface area (Å²) in [6, 6.07) is 11.0. The number of hydrogen-bond acceptors (Lipinski definition) is 5. The van der Waals surface area contributed by atoms with Gasteiger partial charge in [-0.05, 0) is 37.3 Å². The molecule has 0 spiro atoms. The van der Waals surface area contributed by atoms with E-state index in [4.69, 9.17) is 0 Å². The third kappa shape index (κ3) is 3.40. The number of benzene rings is 1. The largest absolute Gasteiger partial charge is 0.334 e. The molecule has 4 rings (SSSR count). The molecule has 0 aliphatic carbocycles. The summed E-state index contributed by atoms with van der Waals surface area (Å²) in [7, 11) is 0. The van der Waals surface area contributed by atoms with Crippen molar-refractivity contribution in [2.75, 3.05) is 5.32 Å². The van der Waals surface area contributed by atoms with Crippen molar-refractivity contribution < 1.29 is 4.79 Å². The molecule has 0 fully saturated rings. The predicted molar refractivity (Wildman–Crippen MR) is 102 cm³/mol. The summed E-state index contributed by atoms with van der Waals surface area (Å²) in [5.41, 5.74) is 2.55. The molecule has 26 heavy (non-hydrogen) atoms. The minimum absolute atomic E-state index is 0.277. The second-order valence-corrected chi connectivity index (χ2v) is 6.89. The van der Waals surface area contributed by atoms with Gasteiger partial charge in [0.05, 0.1) is 15.2 Å².